The zero-order valence-electron chi connectivity index (χ0n) is 18.4. The van der Waals surface area contributed by atoms with Crippen LogP contribution in [0.4, 0.5) is 0 Å². The van der Waals surface area contributed by atoms with E-state index >= 15 is 0 Å². The molecule has 30 heavy (non-hydrogen) atoms. The van der Waals surface area contributed by atoms with Crippen LogP contribution in [0.5, 0.6) is 11.5 Å². The van der Waals surface area contributed by atoms with Gasteiger partial charge in [-0.1, -0.05) is 12.5 Å². The highest BCUT2D eigenvalue weighted by molar-refractivity contribution is 14.0. The van der Waals surface area contributed by atoms with Crippen molar-refractivity contribution < 1.29 is 14.6 Å². The molecule has 3 rings (SSSR count). The van der Waals surface area contributed by atoms with E-state index in [9.17, 15) is 0 Å². The Labute approximate surface area is 197 Å². The molecular weight excluding hydrogens is 495 g/mol. The number of aliphatic hydroxyl groups excluding tert-OH is 1. The minimum absolute atomic E-state index is 0. The molecule has 2 fully saturated rings. The average Bonchev–Trinajstić information content (AvgIpc) is 2.71. The first kappa shape index (κ1) is 25.0. The lowest BCUT2D eigenvalue weighted by molar-refractivity contribution is 0.0526. The molecule has 2 aliphatic heterocycles. The summed E-state index contributed by atoms with van der Waals surface area (Å²) in [5.74, 6) is 2.17. The molecule has 7 nitrogen and oxygen atoms in total. The standard InChI is InChI=1S/C22H36N4O3.HI/c1-4-23-22(25-17-13-18-6-5-7-19(14-17)26(18)2)24-15-16-8-9-20(29-11-10-27)21(12-16)28-3;/h8-9,12,17-19,27H,4-7,10-11,13-15H2,1-3H3,(H2,23,24,25);1H. The number of piperidine rings is 2. The van der Waals surface area contributed by atoms with Crippen LogP contribution in [0, 0.1) is 0 Å². The molecule has 2 unspecified atom stereocenters. The predicted octanol–water partition coefficient (Wildman–Crippen LogP) is 2.75. The molecule has 2 saturated heterocycles. The van der Waals surface area contributed by atoms with E-state index in [-0.39, 0.29) is 37.2 Å². The van der Waals surface area contributed by atoms with Crippen LogP contribution >= 0.6 is 24.0 Å². The van der Waals surface area contributed by atoms with Crippen molar-refractivity contribution in [3.63, 3.8) is 0 Å². The van der Waals surface area contributed by atoms with E-state index < -0.39 is 0 Å². The van der Waals surface area contributed by atoms with Crippen LogP contribution in [0.15, 0.2) is 23.2 Å². The Kier molecular flexibility index (Phi) is 10.5. The van der Waals surface area contributed by atoms with Gasteiger partial charge in [-0.2, -0.15) is 0 Å². The molecule has 3 N–H and O–H groups in total. The number of rotatable bonds is 8. The normalized spacial score (nSPS) is 24.0. The van der Waals surface area contributed by atoms with Crippen molar-refractivity contribution in [1.82, 2.24) is 15.5 Å². The Morgan fingerprint density at radius 3 is 2.60 bits per heavy atom. The quantitative estimate of drug-likeness (QED) is 0.272. The van der Waals surface area contributed by atoms with E-state index in [1.165, 1.54) is 32.1 Å². The fourth-order valence-electron chi connectivity index (χ4n) is 4.50. The molecule has 0 saturated carbocycles. The van der Waals surface area contributed by atoms with Gasteiger partial charge in [0.15, 0.2) is 17.5 Å². The minimum atomic E-state index is -0.0222. The Morgan fingerprint density at radius 2 is 1.97 bits per heavy atom. The number of nitrogens with zero attached hydrogens (tertiary/aromatic N) is 2. The fraction of sp³-hybridized carbons (Fsp3) is 0.682. The third kappa shape index (κ3) is 6.62. The Hall–Kier alpha value is -1.26. The van der Waals surface area contributed by atoms with Crippen LogP contribution in [0.1, 0.15) is 44.6 Å². The highest BCUT2D eigenvalue weighted by atomic mass is 127. The summed E-state index contributed by atoms with van der Waals surface area (Å²) in [5, 5.41) is 16.0. The van der Waals surface area contributed by atoms with Crippen molar-refractivity contribution in [3.8, 4) is 11.5 Å². The fourth-order valence-corrected chi connectivity index (χ4v) is 4.50. The molecule has 2 atom stereocenters. The summed E-state index contributed by atoms with van der Waals surface area (Å²) in [4.78, 5) is 7.38. The van der Waals surface area contributed by atoms with E-state index in [0.717, 1.165) is 18.1 Å². The number of guanidine groups is 1. The van der Waals surface area contributed by atoms with Gasteiger partial charge in [-0.3, -0.25) is 0 Å². The van der Waals surface area contributed by atoms with Gasteiger partial charge in [0.25, 0.3) is 0 Å². The van der Waals surface area contributed by atoms with Crippen molar-refractivity contribution in [2.24, 2.45) is 4.99 Å². The molecule has 0 aromatic heterocycles. The largest absolute Gasteiger partial charge is 0.493 e. The summed E-state index contributed by atoms with van der Waals surface area (Å²) < 4.78 is 10.9. The summed E-state index contributed by atoms with van der Waals surface area (Å²) >= 11 is 0. The van der Waals surface area contributed by atoms with Gasteiger partial charge < -0.3 is 30.1 Å². The summed E-state index contributed by atoms with van der Waals surface area (Å²) in [5.41, 5.74) is 1.05. The summed E-state index contributed by atoms with van der Waals surface area (Å²) in [6.07, 6.45) is 6.34. The molecular formula is C22H37IN4O3. The first-order chi connectivity index (χ1) is 14.1. The van der Waals surface area contributed by atoms with Crippen LogP contribution in [0.2, 0.25) is 0 Å². The SMILES string of the molecule is CCNC(=NCc1ccc(OCCO)c(OC)c1)NC1CC2CCCC(C1)N2C.I. The topological polar surface area (TPSA) is 78.4 Å². The first-order valence-corrected chi connectivity index (χ1v) is 10.8. The van der Waals surface area contributed by atoms with Crippen LogP contribution in [0.3, 0.4) is 0 Å². The van der Waals surface area contributed by atoms with Gasteiger partial charge in [-0.25, -0.2) is 4.99 Å². The van der Waals surface area contributed by atoms with Crippen molar-refractivity contribution in [3.05, 3.63) is 23.8 Å². The molecule has 170 valence electrons. The van der Waals surface area contributed by atoms with Crippen LogP contribution in [-0.2, 0) is 6.54 Å². The smallest absolute Gasteiger partial charge is 0.191 e. The molecule has 1 aromatic rings. The second-order valence-corrected chi connectivity index (χ2v) is 7.97. The van der Waals surface area contributed by atoms with Crippen molar-refractivity contribution in [2.45, 2.75) is 63.7 Å². The van der Waals surface area contributed by atoms with Crippen LogP contribution in [0.25, 0.3) is 0 Å². The summed E-state index contributed by atoms with van der Waals surface area (Å²) in [6, 6.07) is 7.67. The van der Waals surface area contributed by atoms with Gasteiger partial charge in [0.2, 0.25) is 0 Å². The molecule has 2 heterocycles. The monoisotopic (exact) mass is 532 g/mol. The number of aliphatic hydroxyl groups is 1. The minimum Gasteiger partial charge on any atom is -0.493 e. The lowest BCUT2D eigenvalue weighted by atomic mass is 9.82. The maximum atomic E-state index is 8.94. The molecule has 0 amide bonds. The number of aliphatic imine (C=N–C) groups is 1. The van der Waals surface area contributed by atoms with Gasteiger partial charge in [0.05, 0.1) is 20.3 Å². The zero-order chi connectivity index (χ0) is 20.6. The highest BCUT2D eigenvalue weighted by Gasteiger charge is 2.36. The third-order valence-corrected chi connectivity index (χ3v) is 6.02. The zero-order valence-corrected chi connectivity index (χ0v) is 20.7. The van der Waals surface area contributed by atoms with E-state index in [0.29, 0.717) is 36.2 Å². The summed E-state index contributed by atoms with van der Waals surface area (Å²) in [7, 11) is 3.90. The van der Waals surface area contributed by atoms with E-state index in [1.807, 2.05) is 18.2 Å². The van der Waals surface area contributed by atoms with Crippen LogP contribution < -0.4 is 20.1 Å². The first-order valence-electron chi connectivity index (χ1n) is 10.8. The van der Waals surface area contributed by atoms with Gasteiger partial charge in [0.1, 0.15) is 6.61 Å². The van der Waals surface area contributed by atoms with Gasteiger partial charge >= 0.3 is 0 Å². The molecule has 0 spiro atoms. The van der Waals surface area contributed by atoms with Gasteiger partial charge in [-0.05, 0) is 57.4 Å². The van der Waals surface area contributed by atoms with E-state index in [1.54, 1.807) is 7.11 Å². The van der Waals surface area contributed by atoms with Gasteiger partial charge in [0, 0.05) is 24.7 Å². The maximum Gasteiger partial charge on any atom is 0.191 e. The number of benzene rings is 1. The van der Waals surface area contributed by atoms with E-state index in [2.05, 4.69) is 29.5 Å². The summed E-state index contributed by atoms with van der Waals surface area (Å²) in [6.45, 7) is 3.72. The van der Waals surface area contributed by atoms with Crippen molar-refractivity contribution in [1.29, 1.82) is 0 Å². The molecule has 0 radical (unpaired) electrons. The third-order valence-electron chi connectivity index (χ3n) is 6.02. The van der Waals surface area contributed by atoms with Gasteiger partial charge in [-0.15, -0.1) is 24.0 Å². The van der Waals surface area contributed by atoms with Crippen molar-refractivity contribution >= 4 is 29.9 Å². The average molecular weight is 532 g/mol. The van der Waals surface area contributed by atoms with E-state index in [4.69, 9.17) is 19.6 Å². The Balaban J connectivity index is 0.00000320. The number of methoxy groups -OCH3 is 1. The molecule has 8 heteroatoms. The van der Waals surface area contributed by atoms with Crippen molar-refractivity contribution in [2.75, 3.05) is 33.9 Å². The Morgan fingerprint density at radius 1 is 1.23 bits per heavy atom. The number of halogens is 1. The molecule has 1 aromatic carbocycles. The maximum absolute atomic E-state index is 8.94. The highest BCUT2D eigenvalue weighted by Crippen LogP contribution is 2.32. The second kappa shape index (κ2) is 12.6. The molecule has 2 aliphatic rings. The Bertz CT molecular complexity index is 674. The number of hydrogen-bond donors (Lipinski definition) is 3. The molecule has 0 aliphatic carbocycles. The number of hydrogen-bond acceptors (Lipinski definition) is 5. The lowest BCUT2D eigenvalue weighted by Gasteiger charge is -2.47. The second-order valence-electron chi connectivity index (χ2n) is 7.97. The number of ether oxygens (including phenoxy) is 2. The number of nitrogens with one attached hydrogen (secondary N) is 2. The lowest BCUT2D eigenvalue weighted by Crippen LogP contribution is -2.56. The number of fused-ring (bicyclic) bond motifs is 2. The predicted molar refractivity (Wildman–Crippen MR) is 131 cm³/mol. The molecule has 2 bridgehead atoms. The van der Waals surface area contributed by atoms with Crippen LogP contribution in [-0.4, -0.2) is 68.0 Å².